The van der Waals surface area contributed by atoms with Gasteiger partial charge in [-0.3, -0.25) is 13.8 Å². The molecule has 1 aliphatic heterocycles. The van der Waals surface area contributed by atoms with Crippen molar-refractivity contribution in [2.75, 3.05) is 19.8 Å². The zero-order valence-corrected chi connectivity index (χ0v) is 44.6. The Kier molecular flexibility index (Phi) is 37.2. The first-order valence-corrected chi connectivity index (χ1v) is 29.2. The number of unbranched alkanes of at least 4 members (excludes halogenated alkanes) is 27. The van der Waals surface area contributed by atoms with Crippen molar-refractivity contribution in [3.05, 3.63) is 24.3 Å². The second-order valence-electron chi connectivity index (χ2n) is 19.9. The molecular weight excluding hydrogens is 956 g/mol. The van der Waals surface area contributed by atoms with E-state index in [1.807, 2.05) is 6.08 Å². The molecule has 0 aromatic carbocycles. The third-order valence-corrected chi connectivity index (χ3v) is 14.5. The largest absolute Gasteiger partial charge is 0.472 e. The summed E-state index contributed by atoms with van der Waals surface area (Å²) in [7, 11) is -5.40. The number of aliphatic hydroxyl groups excluding tert-OH is 8. The Morgan fingerprint density at radius 2 is 1.00 bits per heavy atom. The fraction of sp³-hybridized carbons (Fsp3) is 0.887. The van der Waals surface area contributed by atoms with Gasteiger partial charge in [-0.05, 0) is 19.3 Å². The summed E-state index contributed by atoms with van der Waals surface area (Å²) in [4.78, 5) is 36.5. The molecule has 0 radical (unpaired) electrons. The van der Waals surface area contributed by atoms with Crippen LogP contribution in [0, 0.1) is 0 Å². The molecule has 0 amide bonds. The Morgan fingerprint density at radius 3 is 1.49 bits per heavy atom. The smallest absolute Gasteiger partial charge is 0.458 e. The Labute approximate surface area is 430 Å². The number of aliphatic hydroxyl groups is 8. The second-order valence-corrected chi connectivity index (χ2v) is 21.3. The van der Waals surface area contributed by atoms with E-state index in [0.29, 0.717) is 6.42 Å². The van der Waals surface area contributed by atoms with Crippen molar-refractivity contribution in [2.45, 2.75) is 280 Å². The van der Waals surface area contributed by atoms with E-state index in [2.05, 4.69) is 13.8 Å². The minimum absolute atomic E-state index is 0.0174. The van der Waals surface area contributed by atoms with E-state index in [4.69, 9.17) is 28.0 Å². The first-order chi connectivity index (χ1) is 34.7. The van der Waals surface area contributed by atoms with Gasteiger partial charge >= 0.3 is 19.8 Å². The Bertz CT molecular complexity index is 1480. The van der Waals surface area contributed by atoms with E-state index in [0.717, 1.165) is 44.9 Å². The molecule has 1 saturated heterocycles. The van der Waals surface area contributed by atoms with E-state index < -0.39 is 113 Å². The lowest BCUT2D eigenvalue weighted by atomic mass is 9.84. The maximum absolute atomic E-state index is 13.4. The number of carbonyl (C=O) groups is 2. The summed E-state index contributed by atoms with van der Waals surface area (Å²) in [5, 5.41) is 83.1. The number of phosphoric acid groups is 1. The first kappa shape index (κ1) is 66.2. The maximum Gasteiger partial charge on any atom is 0.472 e. The van der Waals surface area contributed by atoms with Gasteiger partial charge in [-0.1, -0.05) is 199 Å². The third-order valence-electron chi connectivity index (χ3n) is 13.5. The van der Waals surface area contributed by atoms with Crippen LogP contribution in [0.3, 0.4) is 0 Å². The van der Waals surface area contributed by atoms with Crippen molar-refractivity contribution in [2.24, 2.45) is 0 Å². The van der Waals surface area contributed by atoms with E-state index in [-0.39, 0.29) is 6.42 Å². The van der Waals surface area contributed by atoms with Gasteiger partial charge in [0, 0.05) is 12.5 Å². The number of hydrogen-bond acceptors (Lipinski definition) is 17. The second kappa shape index (κ2) is 40.4. The quantitative estimate of drug-likeness (QED) is 0.00942. The molecule has 18 nitrogen and oxygen atoms in total. The third kappa shape index (κ3) is 28.3. The number of ether oxygens (including phenoxy) is 4. The van der Waals surface area contributed by atoms with Crippen LogP contribution in [0.2, 0.25) is 0 Å². The Hall–Kier alpha value is -1.87. The average molecular weight is 1050 g/mol. The topological polar surface area (TPSA) is 289 Å². The summed E-state index contributed by atoms with van der Waals surface area (Å²) in [6, 6.07) is 0. The number of esters is 2. The van der Waals surface area contributed by atoms with Crippen LogP contribution in [-0.4, -0.2) is 151 Å². The summed E-state index contributed by atoms with van der Waals surface area (Å²) in [5.74, 6) is -1.46. The molecule has 19 heteroatoms. The molecule has 9 N–H and O–H groups in total. The van der Waals surface area contributed by atoms with Crippen LogP contribution >= 0.6 is 7.82 Å². The van der Waals surface area contributed by atoms with Crippen molar-refractivity contribution in [3.8, 4) is 0 Å². The average Bonchev–Trinajstić information content (AvgIpc) is 3.36. The minimum Gasteiger partial charge on any atom is -0.458 e. The van der Waals surface area contributed by atoms with Crippen LogP contribution in [-0.2, 0) is 42.1 Å². The van der Waals surface area contributed by atoms with Gasteiger partial charge in [-0.2, -0.15) is 0 Å². The monoisotopic (exact) mass is 1050 g/mol. The molecule has 1 aliphatic carbocycles. The van der Waals surface area contributed by atoms with Crippen LogP contribution < -0.4 is 0 Å². The normalized spacial score (nSPS) is 27.1. The molecule has 1 heterocycles. The zero-order valence-electron chi connectivity index (χ0n) is 43.7. The standard InChI is InChI=1S/C53H97O18P/c1-3-5-7-9-11-13-15-17-19-20-22-24-26-28-30-32-34-36-43(56)68-40(38-66-42(55)35-33-31-29-27-25-23-21-18-16-14-12-10-8-6-4-2)39-67-72(64,65)71-52-49(62)47(60)46(59)48(61)51(52)70-53-50(63)45(58)44(57)41(37-54)69-53/h29,31,33,35,40-41,44-54,57-63H,3-28,30,32,34,36-39H2,1-2H3,(H,64,65). The van der Waals surface area contributed by atoms with Crippen LogP contribution in [0.15, 0.2) is 24.3 Å². The van der Waals surface area contributed by atoms with Gasteiger partial charge < -0.3 is 64.7 Å². The van der Waals surface area contributed by atoms with E-state index in [1.54, 1.807) is 6.08 Å². The molecule has 2 fully saturated rings. The molecule has 0 spiro atoms. The molecule has 0 aromatic heterocycles. The maximum atomic E-state index is 13.4. The van der Waals surface area contributed by atoms with Crippen molar-refractivity contribution in [1.29, 1.82) is 0 Å². The number of carbonyl (C=O) groups excluding carboxylic acids is 2. The highest BCUT2D eigenvalue weighted by Crippen LogP contribution is 2.48. The van der Waals surface area contributed by atoms with Gasteiger partial charge in [-0.15, -0.1) is 0 Å². The predicted octanol–water partition coefficient (Wildman–Crippen LogP) is 7.44. The summed E-state index contributed by atoms with van der Waals surface area (Å²) in [6.45, 7) is 2.15. The predicted molar refractivity (Wildman–Crippen MR) is 272 cm³/mol. The minimum atomic E-state index is -5.40. The number of hydrogen-bond donors (Lipinski definition) is 9. The van der Waals surface area contributed by atoms with Crippen molar-refractivity contribution >= 4 is 19.8 Å². The number of phosphoric ester groups is 1. The van der Waals surface area contributed by atoms with Gasteiger partial charge in [0.05, 0.1) is 13.2 Å². The molecular formula is C53H97O18P. The molecule has 1 saturated carbocycles. The lowest BCUT2D eigenvalue weighted by Crippen LogP contribution is -2.67. The lowest BCUT2D eigenvalue weighted by molar-refractivity contribution is -0.338. The van der Waals surface area contributed by atoms with E-state index in [9.17, 15) is 59.9 Å². The highest BCUT2D eigenvalue weighted by Gasteiger charge is 2.55. The SMILES string of the molecule is CCCCCCCCCCCCCC=CC=CC(=O)OCC(COP(=O)(O)OC1C(O)C(O)C(O)C(O)C1OC1OC(CO)C(O)C(O)C1O)OC(=O)CCCCCCCCCCCCCCCCCCC. The molecule has 2 rings (SSSR count). The van der Waals surface area contributed by atoms with Crippen molar-refractivity contribution in [3.63, 3.8) is 0 Å². The van der Waals surface area contributed by atoms with Crippen molar-refractivity contribution in [1.82, 2.24) is 0 Å². The number of allylic oxidation sites excluding steroid dienone is 3. The zero-order chi connectivity index (χ0) is 53.0. The van der Waals surface area contributed by atoms with E-state index in [1.165, 1.54) is 147 Å². The summed E-state index contributed by atoms with van der Waals surface area (Å²) < 4.78 is 45.4. The van der Waals surface area contributed by atoms with Gasteiger partial charge in [0.2, 0.25) is 0 Å². The van der Waals surface area contributed by atoms with Crippen LogP contribution in [0.25, 0.3) is 0 Å². The van der Waals surface area contributed by atoms with Crippen molar-refractivity contribution < 1.29 is 87.9 Å². The fourth-order valence-electron chi connectivity index (χ4n) is 8.97. The Morgan fingerprint density at radius 1 is 0.556 bits per heavy atom. The first-order valence-electron chi connectivity index (χ1n) is 27.7. The van der Waals surface area contributed by atoms with E-state index >= 15 is 0 Å². The number of rotatable bonds is 43. The van der Waals surface area contributed by atoms with Crippen LogP contribution in [0.4, 0.5) is 0 Å². The molecule has 13 atom stereocenters. The van der Waals surface area contributed by atoms with Gasteiger partial charge in [0.1, 0.15) is 67.6 Å². The van der Waals surface area contributed by atoms with Gasteiger partial charge in [0.25, 0.3) is 0 Å². The van der Waals surface area contributed by atoms with Gasteiger partial charge in [-0.25, -0.2) is 9.36 Å². The lowest BCUT2D eigenvalue weighted by Gasteiger charge is -2.47. The van der Waals surface area contributed by atoms with Crippen LogP contribution in [0.1, 0.15) is 206 Å². The van der Waals surface area contributed by atoms with Gasteiger partial charge in [0.15, 0.2) is 12.4 Å². The highest BCUT2D eigenvalue weighted by atomic mass is 31.2. The van der Waals surface area contributed by atoms with Crippen LogP contribution in [0.5, 0.6) is 0 Å². The molecule has 422 valence electrons. The summed E-state index contributed by atoms with van der Waals surface area (Å²) in [6.07, 6.45) is 17.4. The summed E-state index contributed by atoms with van der Waals surface area (Å²) >= 11 is 0. The highest BCUT2D eigenvalue weighted by molar-refractivity contribution is 7.47. The molecule has 72 heavy (non-hydrogen) atoms. The molecule has 0 bridgehead atoms. The fourth-order valence-corrected chi connectivity index (χ4v) is 9.94. The summed E-state index contributed by atoms with van der Waals surface area (Å²) in [5.41, 5.74) is 0. The Balaban J connectivity index is 1.93. The molecule has 13 unspecified atom stereocenters. The molecule has 2 aliphatic rings. The molecule has 0 aromatic rings.